The Morgan fingerprint density at radius 3 is 2.34 bits per heavy atom. The van der Waals surface area contributed by atoms with Gasteiger partial charge in [0.15, 0.2) is 0 Å². The Kier molecular flexibility index (Phi) is 6.60. The first-order valence-electron chi connectivity index (χ1n) is 9.52. The lowest BCUT2D eigenvalue weighted by Gasteiger charge is -2.26. The number of carbonyl (C=O) groups excluding carboxylic acids is 3. The van der Waals surface area contributed by atoms with Crippen LogP contribution in [0.25, 0.3) is 6.08 Å². The number of nitrogens with one attached hydrogen (secondary N) is 1. The van der Waals surface area contributed by atoms with Crippen LogP contribution < -0.4 is 10.2 Å². The number of hydrogen-bond donors (Lipinski definition) is 1. The highest BCUT2D eigenvalue weighted by molar-refractivity contribution is 9.10. The van der Waals surface area contributed by atoms with Gasteiger partial charge in [0.25, 0.3) is 11.8 Å². The Bertz CT molecular complexity index is 1270. The first kappa shape index (κ1) is 22.5. The lowest BCUT2D eigenvalue weighted by Crippen LogP contribution is -2.54. The molecule has 4 amide bonds. The van der Waals surface area contributed by atoms with E-state index in [9.17, 15) is 14.4 Å². The Morgan fingerprint density at radius 2 is 1.62 bits per heavy atom. The number of imide groups is 2. The van der Waals surface area contributed by atoms with Gasteiger partial charge in [-0.25, -0.2) is 9.69 Å². The second-order valence-electron chi connectivity index (χ2n) is 7.05. The van der Waals surface area contributed by atoms with E-state index in [1.807, 2.05) is 42.5 Å². The van der Waals surface area contributed by atoms with Crippen molar-refractivity contribution in [2.24, 2.45) is 0 Å². The molecule has 0 saturated carbocycles. The highest BCUT2D eigenvalue weighted by Crippen LogP contribution is 2.28. The van der Waals surface area contributed by atoms with Crippen molar-refractivity contribution < 1.29 is 14.4 Å². The van der Waals surface area contributed by atoms with Crippen LogP contribution in [0.2, 0.25) is 5.02 Å². The minimum absolute atomic E-state index is 0.133. The van der Waals surface area contributed by atoms with Crippen LogP contribution in [-0.2, 0) is 16.0 Å². The summed E-state index contributed by atoms with van der Waals surface area (Å²) < 4.78 is 1.77. The topological polar surface area (TPSA) is 66.5 Å². The number of halogens is 3. The minimum atomic E-state index is -0.804. The van der Waals surface area contributed by atoms with E-state index in [-0.39, 0.29) is 5.57 Å². The summed E-state index contributed by atoms with van der Waals surface area (Å²) in [6.07, 6.45) is 2.10. The normalized spacial score (nSPS) is 15.3. The standard InChI is InChI=1S/C24H15Br2ClN2O3/c25-17-6-5-14(11-15-3-1-2-4-21(15)26)16(12-17)13-20-22(30)28-24(32)29(23(20)31)19-9-7-18(27)8-10-19/h1-10,12-13H,11H2,(H,28,30,32)/b20-13+. The van der Waals surface area contributed by atoms with Gasteiger partial charge in [0.05, 0.1) is 5.69 Å². The molecule has 0 unspecified atom stereocenters. The molecule has 1 aliphatic heterocycles. The van der Waals surface area contributed by atoms with Crippen LogP contribution in [0.4, 0.5) is 10.5 Å². The van der Waals surface area contributed by atoms with Crippen LogP contribution >= 0.6 is 43.5 Å². The molecule has 0 atom stereocenters. The van der Waals surface area contributed by atoms with E-state index in [4.69, 9.17) is 11.6 Å². The molecule has 3 aromatic carbocycles. The van der Waals surface area contributed by atoms with Gasteiger partial charge in [-0.05, 0) is 71.7 Å². The molecule has 1 saturated heterocycles. The minimum Gasteiger partial charge on any atom is -0.273 e. The Hall–Kier alpha value is -2.74. The summed E-state index contributed by atoms with van der Waals surface area (Å²) in [6, 6.07) is 18.9. The van der Waals surface area contributed by atoms with Crippen molar-refractivity contribution in [2.45, 2.75) is 6.42 Å². The predicted octanol–water partition coefficient (Wildman–Crippen LogP) is 6.12. The molecular formula is C24H15Br2ClN2O3. The molecule has 32 heavy (non-hydrogen) atoms. The van der Waals surface area contributed by atoms with E-state index in [2.05, 4.69) is 37.2 Å². The van der Waals surface area contributed by atoms with Gasteiger partial charge in [0.2, 0.25) is 0 Å². The zero-order chi connectivity index (χ0) is 22.8. The lowest BCUT2D eigenvalue weighted by atomic mass is 9.97. The van der Waals surface area contributed by atoms with Gasteiger partial charge in [-0.3, -0.25) is 14.9 Å². The van der Waals surface area contributed by atoms with E-state index in [0.717, 1.165) is 25.0 Å². The number of hydrogen-bond acceptors (Lipinski definition) is 3. The van der Waals surface area contributed by atoms with Crippen molar-refractivity contribution in [3.05, 3.63) is 103 Å². The van der Waals surface area contributed by atoms with Crippen molar-refractivity contribution in [2.75, 3.05) is 4.90 Å². The summed E-state index contributed by atoms with van der Waals surface area (Å²) in [6.45, 7) is 0. The molecule has 4 rings (SSSR count). The molecule has 0 radical (unpaired) electrons. The van der Waals surface area contributed by atoms with E-state index in [1.165, 1.54) is 6.08 Å². The maximum absolute atomic E-state index is 13.2. The maximum atomic E-state index is 13.2. The molecule has 0 bridgehead atoms. The van der Waals surface area contributed by atoms with Gasteiger partial charge in [0, 0.05) is 14.0 Å². The average Bonchev–Trinajstić information content (AvgIpc) is 2.75. The van der Waals surface area contributed by atoms with Gasteiger partial charge in [-0.2, -0.15) is 0 Å². The highest BCUT2D eigenvalue weighted by Gasteiger charge is 2.36. The SMILES string of the molecule is O=C1NC(=O)N(c2ccc(Cl)cc2)C(=O)/C1=C/c1cc(Br)ccc1Cc1ccccc1Br. The van der Waals surface area contributed by atoms with Gasteiger partial charge >= 0.3 is 6.03 Å². The molecule has 8 heteroatoms. The molecule has 1 aliphatic rings. The Labute approximate surface area is 206 Å². The number of anilines is 1. The number of rotatable bonds is 4. The van der Waals surface area contributed by atoms with Crippen LogP contribution in [0.5, 0.6) is 0 Å². The number of amides is 4. The molecule has 5 nitrogen and oxygen atoms in total. The third-order valence-electron chi connectivity index (χ3n) is 4.93. The number of barbiturate groups is 1. The number of benzene rings is 3. The summed E-state index contributed by atoms with van der Waals surface area (Å²) in [5.74, 6) is -1.44. The molecule has 1 heterocycles. The average molecular weight is 575 g/mol. The highest BCUT2D eigenvalue weighted by atomic mass is 79.9. The van der Waals surface area contributed by atoms with Gasteiger partial charge < -0.3 is 0 Å². The third kappa shape index (κ3) is 4.70. The van der Waals surface area contributed by atoms with Crippen LogP contribution in [0, 0.1) is 0 Å². The molecule has 160 valence electrons. The quantitative estimate of drug-likeness (QED) is 0.302. The molecule has 1 fully saturated rings. The summed E-state index contributed by atoms with van der Waals surface area (Å²) in [4.78, 5) is 39.1. The Morgan fingerprint density at radius 1 is 0.906 bits per heavy atom. The molecular weight excluding hydrogens is 560 g/mol. The molecule has 0 spiro atoms. The van der Waals surface area contributed by atoms with Crippen molar-refractivity contribution >= 4 is 73.1 Å². The monoisotopic (exact) mass is 572 g/mol. The van der Waals surface area contributed by atoms with Gasteiger partial charge in [-0.1, -0.05) is 67.7 Å². The van der Waals surface area contributed by atoms with Crippen LogP contribution in [-0.4, -0.2) is 17.8 Å². The largest absolute Gasteiger partial charge is 0.335 e. The zero-order valence-corrected chi connectivity index (χ0v) is 20.4. The number of carbonyl (C=O) groups is 3. The maximum Gasteiger partial charge on any atom is 0.335 e. The van der Waals surface area contributed by atoms with Crippen LogP contribution in [0.1, 0.15) is 16.7 Å². The second kappa shape index (κ2) is 9.40. The predicted molar refractivity (Wildman–Crippen MR) is 132 cm³/mol. The van der Waals surface area contributed by atoms with E-state index >= 15 is 0 Å². The van der Waals surface area contributed by atoms with Crippen molar-refractivity contribution in [3.63, 3.8) is 0 Å². The summed E-state index contributed by atoms with van der Waals surface area (Å²) in [5, 5.41) is 2.71. The van der Waals surface area contributed by atoms with E-state index in [1.54, 1.807) is 24.3 Å². The summed E-state index contributed by atoms with van der Waals surface area (Å²) >= 11 is 12.9. The fraction of sp³-hybridized carbons (Fsp3) is 0.0417. The molecule has 1 N–H and O–H groups in total. The molecule has 0 aliphatic carbocycles. The third-order valence-corrected chi connectivity index (χ3v) is 6.45. The van der Waals surface area contributed by atoms with E-state index in [0.29, 0.717) is 22.7 Å². The van der Waals surface area contributed by atoms with Crippen molar-refractivity contribution in [3.8, 4) is 0 Å². The smallest absolute Gasteiger partial charge is 0.273 e. The fourth-order valence-electron chi connectivity index (χ4n) is 3.35. The first-order chi connectivity index (χ1) is 15.3. The Balaban J connectivity index is 1.75. The number of nitrogens with zero attached hydrogens (tertiary/aromatic N) is 1. The fourth-order valence-corrected chi connectivity index (χ4v) is 4.28. The van der Waals surface area contributed by atoms with Crippen LogP contribution in [0.3, 0.4) is 0 Å². The molecule has 3 aromatic rings. The summed E-state index contributed by atoms with van der Waals surface area (Å²) in [7, 11) is 0. The zero-order valence-electron chi connectivity index (χ0n) is 16.4. The van der Waals surface area contributed by atoms with Crippen LogP contribution in [0.15, 0.2) is 81.2 Å². The van der Waals surface area contributed by atoms with Gasteiger partial charge in [-0.15, -0.1) is 0 Å². The first-order valence-corrected chi connectivity index (χ1v) is 11.5. The van der Waals surface area contributed by atoms with Crippen molar-refractivity contribution in [1.82, 2.24) is 5.32 Å². The van der Waals surface area contributed by atoms with E-state index < -0.39 is 17.8 Å². The second-order valence-corrected chi connectivity index (χ2v) is 9.25. The summed E-state index contributed by atoms with van der Waals surface area (Å²) in [5.41, 5.74) is 2.86. The van der Waals surface area contributed by atoms with Crippen molar-refractivity contribution in [1.29, 1.82) is 0 Å². The number of urea groups is 1. The molecule has 0 aromatic heterocycles. The lowest BCUT2D eigenvalue weighted by molar-refractivity contribution is -0.122. The van der Waals surface area contributed by atoms with Gasteiger partial charge in [0.1, 0.15) is 5.57 Å².